The van der Waals surface area contributed by atoms with E-state index in [1.165, 1.54) is 33.2 Å². The van der Waals surface area contributed by atoms with E-state index in [0.29, 0.717) is 17.5 Å². The lowest BCUT2D eigenvalue weighted by atomic mass is 9.93. The molecule has 1 heterocycles. The fourth-order valence-corrected chi connectivity index (χ4v) is 6.74. The lowest BCUT2D eigenvalue weighted by Crippen LogP contribution is -2.00. The normalized spacial score (nSPS) is 11.2. The molecule has 9 rings (SSSR count). The quantitative estimate of drug-likeness (QED) is 0.170. The van der Waals surface area contributed by atoms with Gasteiger partial charge >= 0.3 is 0 Å². The van der Waals surface area contributed by atoms with Crippen molar-refractivity contribution in [2.75, 3.05) is 0 Å². The number of hydrogen-bond acceptors (Lipinski definition) is 3. The van der Waals surface area contributed by atoms with Crippen molar-refractivity contribution in [2.24, 2.45) is 0 Å². The van der Waals surface area contributed by atoms with Gasteiger partial charge in [0.15, 0.2) is 17.5 Å². The molecule has 1 aromatic heterocycles. The van der Waals surface area contributed by atoms with Gasteiger partial charge in [0.05, 0.1) is 0 Å². The summed E-state index contributed by atoms with van der Waals surface area (Å²) in [5, 5.41) is 4.60. The molecule has 0 unspecified atom stereocenters. The Labute approximate surface area is 291 Å². The maximum Gasteiger partial charge on any atom is 0.164 e. The SMILES string of the molecule is c1ccc(-c2ccc(-c3ccc4ccc5cccc(-c6nc(-c7ccccc7)nc(-c7ccc(-c8ccccc8)cc7)n6)c5c4c3)cc2)cc1. The zero-order valence-corrected chi connectivity index (χ0v) is 27.2. The van der Waals surface area contributed by atoms with Crippen molar-refractivity contribution in [3.8, 4) is 67.5 Å². The van der Waals surface area contributed by atoms with E-state index < -0.39 is 0 Å². The number of fused-ring (bicyclic) bond motifs is 3. The molecule has 0 radical (unpaired) electrons. The second-order valence-electron chi connectivity index (χ2n) is 12.5. The predicted octanol–water partition coefficient (Wildman–Crippen LogP) is 12.2. The molecule has 3 nitrogen and oxygen atoms in total. The summed E-state index contributed by atoms with van der Waals surface area (Å²) in [6, 6.07) is 65.9. The first-order valence-electron chi connectivity index (χ1n) is 16.9. The van der Waals surface area contributed by atoms with Gasteiger partial charge < -0.3 is 0 Å². The summed E-state index contributed by atoms with van der Waals surface area (Å²) in [5.41, 5.74) is 9.96. The number of benzene rings is 8. The van der Waals surface area contributed by atoms with Gasteiger partial charge in [0.1, 0.15) is 0 Å². The first kappa shape index (κ1) is 29.4. The summed E-state index contributed by atoms with van der Waals surface area (Å²) in [4.78, 5) is 15.3. The predicted molar refractivity (Wildman–Crippen MR) is 207 cm³/mol. The van der Waals surface area contributed by atoms with Gasteiger partial charge in [0.25, 0.3) is 0 Å². The standard InChI is InChI=1S/C47H31N3/c1-4-11-32(12-5-1)34-19-21-36(22-20-34)41-30-26-37-25-27-38-17-10-18-42(44(38)43(37)31-41)47-49-45(39-15-8-3-9-16-39)48-46(50-47)40-28-23-35(24-29-40)33-13-6-2-7-14-33/h1-31H. The van der Waals surface area contributed by atoms with E-state index in [-0.39, 0.29) is 0 Å². The molecule has 234 valence electrons. The Bertz CT molecular complexity index is 2600. The van der Waals surface area contributed by atoms with Gasteiger partial charge in [0, 0.05) is 22.1 Å². The van der Waals surface area contributed by atoms with Gasteiger partial charge in [-0.25, -0.2) is 15.0 Å². The van der Waals surface area contributed by atoms with Crippen molar-refractivity contribution in [2.45, 2.75) is 0 Å². The zero-order valence-electron chi connectivity index (χ0n) is 27.2. The minimum absolute atomic E-state index is 0.643. The van der Waals surface area contributed by atoms with Crippen LogP contribution in [0.1, 0.15) is 0 Å². The minimum Gasteiger partial charge on any atom is -0.208 e. The average molecular weight is 638 g/mol. The summed E-state index contributed by atoms with van der Waals surface area (Å²) in [6.45, 7) is 0. The van der Waals surface area contributed by atoms with E-state index >= 15 is 0 Å². The third-order valence-electron chi connectivity index (χ3n) is 9.35. The summed E-state index contributed by atoms with van der Waals surface area (Å²) < 4.78 is 0. The van der Waals surface area contributed by atoms with Crippen molar-refractivity contribution >= 4 is 21.5 Å². The number of aromatic nitrogens is 3. The van der Waals surface area contributed by atoms with Crippen molar-refractivity contribution in [3.05, 3.63) is 188 Å². The van der Waals surface area contributed by atoms with Crippen molar-refractivity contribution in [1.82, 2.24) is 15.0 Å². The van der Waals surface area contributed by atoms with Crippen LogP contribution in [0.2, 0.25) is 0 Å². The monoisotopic (exact) mass is 637 g/mol. The summed E-state index contributed by atoms with van der Waals surface area (Å²) in [5.74, 6) is 1.94. The maximum atomic E-state index is 5.16. The van der Waals surface area contributed by atoms with E-state index in [4.69, 9.17) is 15.0 Å². The molecule has 50 heavy (non-hydrogen) atoms. The van der Waals surface area contributed by atoms with Crippen LogP contribution in [0.4, 0.5) is 0 Å². The highest BCUT2D eigenvalue weighted by Crippen LogP contribution is 2.37. The van der Waals surface area contributed by atoms with Crippen LogP contribution >= 0.6 is 0 Å². The highest BCUT2D eigenvalue weighted by molar-refractivity contribution is 6.14. The van der Waals surface area contributed by atoms with E-state index in [1.807, 2.05) is 24.3 Å². The number of rotatable bonds is 6. The molecule has 0 aliphatic carbocycles. The van der Waals surface area contributed by atoms with Crippen molar-refractivity contribution < 1.29 is 0 Å². The van der Waals surface area contributed by atoms with Gasteiger partial charge in [-0.15, -0.1) is 0 Å². The van der Waals surface area contributed by atoms with Crippen LogP contribution in [0.25, 0.3) is 89.1 Å². The smallest absolute Gasteiger partial charge is 0.164 e. The minimum atomic E-state index is 0.643. The van der Waals surface area contributed by atoms with Crippen LogP contribution in [0.5, 0.6) is 0 Å². The molecule has 0 saturated heterocycles. The maximum absolute atomic E-state index is 5.16. The van der Waals surface area contributed by atoms with Crippen molar-refractivity contribution in [1.29, 1.82) is 0 Å². The van der Waals surface area contributed by atoms with Crippen LogP contribution in [0.15, 0.2) is 188 Å². The van der Waals surface area contributed by atoms with E-state index in [9.17, 15) is 0 Å². The van der Waals surface area contributed by atoms with Gasteiger partial charge in [-0.05, 0) is 55.6 Å². The third kappa shape index (κ3) is 5.61. The van der Waals surface area contributed by atoms with E-state index in [1.54, 1.807) is 0 Å². The summed E-state index contributed by atoms with van der Waals surface area (Å²) >= 11 is 0. The summed E-state index contributed by atoms with van der Waals surface area (Å²) in [6.07, 6.45) is 0. The Hall–Kier alpha value is -6.71. The molecule has 0 aliphatic heterocycles. The molecule has 0 atom stereocenters. The van der Waals surface area contributed by atoms with Gasteiger partial charge in [0.2, 0.25) is 0 Å². The molecule has 0 spiro atoms. The van der Waals surface area contributed by atoms with Gasteiger partial charge in [-0.2, -0.15) is 0 Å². The molecule has 0 aliphatic rings. The highest BCUT2D eigenvalue weighted by Gasteiger charge is 2.16. The fourth-order valence-electron chi connectivity index (χ4n) is 6.74. The fraction of sp³-hybridized carbons (Fsp3) is 0. The zero-order chi connectivity index (χ0) is 33.3. The highest BCUT2D eigenvalue weighted by atomic mass is 15.0. The molecular formula is C47H31N3. The third-order valence-corrected chi connectivity index (χ3v) is 9.35. The van der Waals surface area contributed by atoms with Crippen LogP contribution in [-0.4, -0.2) is 15.0 Å². The molecule has 0 amide bonds. The van der Waals surface area contributed by atoms with Gasteiger partial charge in [-0.1, -0.05) is 182 Å². The molecular weight excluding hydrogens is 607 g/mol. The average Bonchev–Trinajstić information content (AvgIpc) is 3.21. The Balaban J connectivity index is 1.19. The second kappa shape index (κ2) is 12.7. The topological polar surface area (TPSA) is 38.7 Å². The Morgan fingerprint density at radius 2 is 0.660 bits per heavy atom. The van der Waals surface area contributed by atoms with Gasteiger partial charge in [-0.3, -0.25) is 0 Å². The number of nitrogens with zero attached hydrogens (tertiary/aromatic N) is 3. The largest absolute Gasteiger partial charge is 0.208 e. The lowest BCUT2D eigenvalue weighted by molar-refractivity contribution is 1.08. The Morgan fingerprint density at radius 3 is 1.24 bits per heavy atom. The first-order chi connectivity index (χ1) is 24.8. The lowest BCUT2D eigenvalue weighted by Gasteiger charge is -2.13. The van der Waals surface area contributed by atoms with Crippen LogP contribution in [-0.2, 0) is 0 Å². The van der Waals surface area contributed by atoms with Crippen molar-refractivity contribution in [3.63, 3.8) is 0 Å². The molecule has 0 N–H and O–H groups in total. The number of hydrogen-bond donors (Lipinski definition) is 0. The Kier molecular flexibility index (Phi) is 7.49. The molecule has 0 fully saturated rings. The molecule has 9 aromatic rings. The van der Waals surface area contributed by atoms with Crippen LogP contribution in [0.3, 0.4) is 0 Å². The molecule has 3 heteroatoms. The molecule has 0 saturated carbocycles. The van der Waals surface area contributed by atoms with Crippen LogP contribution < -0.4 is 0 Å². The molecule has 8 aromatic carbocycles. The Morgan fingerprint density at radius 1 is 0.260 bits per heavy atom. The van der Waals surface area contributed by atoms with E-state index in [2.05, 4.69) is 164 Å². The van der Waals surface area contributed by atoms with E-state index in [0.717, 1.165) is 38.4 Å². The summed E-state index contributed by atoms with van der Waals surface area (Å²) in [7, 11) is 0. The molecule has 0 bridgehead atoms. The first-order valence-corrected chi connectivity index (χ1v) is 16.9. The van der Waals surface area contributed by atoms with Crippen LogP contribution in [0, 0.1) is 0 Å². The second-order valence-corrected chi connectivity index (χ2v) is 12.5.